The summed E-state index contributed by atoms with van der Waals surface area (Å²) in [6, 6.07) is 16.9. The first-order valence-electron chi connectivity index (χ1n) is 10.3. The van der Waals surface area contributed by atoms with E-state index in [9.17, 15) is 14.9 Å². The third-order valence-electron chi connectivity index (χ3n) is 4.90. The van der Waals surface area contributed by atoms with E-state index >= 15 is 0 Å². The quantitative estimate of drug-likeness (QED) is 0.343. The first-order valence-corrected chi connectivity index (χ1v) is 11.3. The zero-order chi connectivity index (χ0) is 24.8. The summed E-state index contributed by atoms with van der Waals surface area (Å²) < 4.78 is 24.4. The zero-order valence-electron chi connectivity index (χ0n) is 18.2. The van der Waals surface area contributed by atoms with Gasteiger partial charge in [-0.1, -0.05) is 30.0 Å². The van der Waals surface area contributed by atoms with E-state index in [2.05, 4.69) is 16.0 Å². The molecule has 0 aliphatic rings. The molecule has 2 aromatic heterocycles. The highest BCUT2D eigenvalue weighted by Crippen LogP contribution is 2.37. The average molecular weight is 488 g/mol. The van der Waals surface area contributed by atoms with Crippen LogP contribution in [0, 0.1) is 28.5 Å². The molecule has 2 heterocycles. The summed E-state index contributed by atoms with van der Waals surface area (Å²) in [6.45, 7) is 0.0356. The Balaban J connectivity index is 1.64. The topological polar surface area (TPSA) is 142 Å². The van der Waals surface area contributed by atoms with Gasteiger partial charge in [-0.15, -0.1) is 0 Å². The van der Waals surface area contributed by atoms with Crippen molar-refractivity contribution < 1.29 is 18.7 Å². The van der Waals surface area contributed by atoms with Gasteiger partial charge in [0.05, 0.1) is 17.9 Å². The standard InChI is InChI=1S/C25H18FN5O3S/c26-17-3-1-2-16(10-17)24-30-18(13-34-24)14-35-25-21(12-28)22(20(11-27)23(29)31-25)15-4-6-19(7-5-15)33-9-8-32/h1-7,10,13,32H,8-9,14H2,(H2,29,31). The lowest BCUT2D eigenvalue weighted by atomic mass is 9.97. The third kappa shape index (κ3) is 5.25. The van der Waals surface area contributed by atoms with Gasteiger partial charge in [0.15, 0.2) is 0 Å². The van der Waals surface area contributed by atoms with E-state index < -0.39 is 5.82 Å². The predicted octanol–water partition coefficient (Wildman–Crippen LogP) is 4.53. The van der Waals surface area contributed by atoms with E-state index in [1.54, 1.807) is 36.4 Å². The molecule has 0 saturated carbocycles. The number of pyridine rings is 1. The van der Waals surface area contributed by atoms with Gasteiger partial charge in [0.1, 0.15) is 53.0 Å². The fourth-order valence-electron chi connectivity index (χ4n) is 3.34. The Hall–Kier alpha value is -4.38. The SMILES string of the molecule is N#Cc1c(N)nc(SCc2coc(-c3cccc(F)c3)n2)c(C#N)c1-c1ccc(OCCO)cc1. The van der Waals surface area contributed by atoms with Crippen molar-refractivity contribution in [3.05, 3.63) is 77.4 Å². The molecule has 10 heteroatoms. The molecule has 0 bridgehead atoms. The second-order valence-corrected chi connectivity index (χ2v) is 8.15. The molecule has 2 aromatic carbocycles. The van der Waals surface area contributed by atoms with Gasteiger partial charge in [-0.2, -0.15) is 10.5 Å². The monoisotopic (exact) mass is 487 g/mol. The van der Waals surface area contributed by atoms with Crippen molar-refractivity contribution >= 4 is 17.6 Å². The van der Waals surface area contributed by atoms with Gasteiger partial charge in [-0.3, -0.25) is 0 Å². The number of aliphatic hydroxyl groups is 1. The summed E-state index contributed by atoms with van der Waals surface area (Å²) in [5.41, 5.74) is 8.43. The minimum atomic E-state index is -0.395. The second kappa shape index (κ2) is 10.7. The third-order valence-corrected chi connectivity index (χ3v) is 5.91. The molecule has 0 spiro atoms. The smallest absolute Gasteiger partial charge is 0.226 e. The van der Waals surface area contributed by atoms with Crippen molar-refractivity contribution in [3.63, 3.8) is 0 Å². The summed E-state index contributed by atoms with van der Waals surface area (Å²) in [7, 11) is 0. The number of aliphatic hydroxyl groups excluding tert-OH is 1. The molecule has 0 radical (unpaired) electrons. The van der Waals surface area contributed by atoms with Crippen molar-refractivity contribution in [3.8, 4) is 40.5 Å². The Bertz CT molecular complexity index is 1440. The lowest BCUT2D eigenvalue weighted by Gasteiger charge is -2.13. The van der Waals surface area contributed by atoms with Crippen LogP contribution in [0.5, 0.6) is 5.75 Å². The van der Waals surface area contributed by atoms with Gasteiger partial charge in [0.2, 0.25) is 5.89 Å². The van der Waals surface area contributed by atoms with E-state index in [1.807, 2.05) is 6.07 Å². The van der Waals surface area contributed by atoms with E-state index in [0.29, 0.717) is 38.9 Å². The van der Waals surface area contributed by atoms with Crippen molar-refractivity contribution in [1.82, 2.24) is 9.97 Å². The first-order chi connectivity index (χ1) is 17.0. The molecule has 0 unspecified atom stereocenters. The number of thioether (sulfide) groups is 1. The maximum absolute atomic E-state index is 13.5. The van der Waals surface area contributed by atoms with Crippen LogP contribution < -0.4 is 10.5 Å². The molecule has 0 amide bonds. The second-order valence-electron chi connectivity index (χ2n) is 7.19. The molecule has 0 aliphatic carbocycles. The van der Waals surface area contributed by atoms with Crippen LogP contribution in [0.1, 0.15) is 16.8 Å². The summed E-state index contributed by atoms with van der Waals surface area (Å²) in [5, 5.41) is 28.9. The summed E-state index contributed by atoms with van der Waals surface area (Å²) in [5.74, 6) is 0.728. The number of anilines is 1. The summed E-state index contributed by atoms with van der Waals surface area (Å²) in [4.78, 5) is 8.67. The minimum absolute atomic E-state index is 0.00482. The molecule has 0 fully saturated rings. The number of ether oxygens (including phenoxy) is 1. The number of nitrogen functional groups attached to an aromatic ring is 1. The van der Waals surface area contributed by atoms with Gasteiger partial charge in [-0.05, 0) is 35.9 Å². The van der Waals surface area contributed by atoms with Gasteiger partial charge in [0, 0.05) is 16.9 Å². The van der Waals surface area contributed by atoms with Gasteiger partial charge in [-0.25, -0.2) is 14.4 Å². The van der Waals surface area contributed by atoms with Gasteiger partial charge < -0.3 is 20.0 Å². The van der Waals surface area contributed by atoms with Gasteiger partial charge >= 0.3 is 0 Å². The van der Waals surface area contributed by atoms with Gasteiger partial charge in [0.25, 0.3) is 0 Å². The molecule has 0 atom stereocenters. The number of halogens is 1. The van der Waals surface area contributed by atoms with Crippen LogP contribution in [0.2, 0.25) is 0 Å². The molecule has 35 heavy (non-hydrogen) atoms. The maximum Gasteiger partial charge on any atom is 0.226 e. The number of benzene rings is 2. The molecule has 3 N–H and O–H groups in total. The Morgan fingerprint density at radius 1 is 1.06 bits per heavy atom. The van der Waals surface area contributed by atoms with E-state index in [4.69, 9.17) is 20.0 Å². The van der Waals surface area contributed by atoms with E-state index in [-0.39, 0.29) is 36.0 Å². The van der Waals surface area contributed by atoms with Crippen molar-refractivity contribution in [2.75, 3.05) is 18.9 Å². The summed E-state index contributed by atoms with van der Waals surface area (Å²) in [6.07, 6.45) is 1.46. The lowest BCUT2D eigenvalue weighted by Crippen LogP contribution is -2.04. The summed E-state index contributed by atoms with van der Waals surface area (Å²) >= 11 is 1.22. The van der Waals surface area contributed by atoms with Crippen molar-refractivity contribution in [2.45, 2.75) is 10.8 Å². The largest absolute Gasteiger partial charge is 0.491 e. The highest BCUT2D eigenvalue weighted by atomic mass is 32.2. The fourth-order valence-corrected chi connectivity index (χ4v) is 4.21. The normalized spacial score (nSPS) is 10.5. The molecule has 4 rings (SSSR count). The number of hydrogen-bond donors (Lipinski definition) is 2. The van der Waals surface area contributed by atoms with E-state index in [1.165, 1.54) is 30.2 Å². The van der Waals surface area contributed by atoms with Crippen molar-refractivity contribution in [2.24, 2.45) is 0 Å². The Labute approximate surface area is 204 Å². The van der Waals surface area contributed by atoms with Crippen LogP contribution in [0.25, 0.3) is 22.6 Å². The van der Waals surface area contributed by atoms with Crippen LogP contribution in [0.15, 0.2) is 64.2 Å². The Kier molecular flexibility index (Phi) is 7.27. The molecular weight excluding hydrogens is 469 g/mol. The number of nitrogens with two attached hydrogens (primary N) is 1. The number of nitrogens with zero attached hydrogens (tertiary/aromatic N) is 4. The van der Waals surface area contributed by atoms with Crippen LogP contribution in [0.4, 0.5) is 10.2 Å². The number of hydrogen-bond acceptors (Lipinski definition) is 9. The fraction of sp³-hybridized carbons (Fsp3) is 0.120. The molecule has 0 aliphatic heterocycles. The number of rotatable bonds is 8. The maximum atomic E-state index is 13.5. The van der Waals surface area contributed by atoms with Crippen molar-refractivity contribution in [1.29, 1.82) is 10.5 Å². The average Bonchev–Trinajstić information content (AvgIpc) is 3.35. The number of nitriles is 2. The molecule has 174 valence electrons. The molecule has 8 nitrogen and oxygen atoms in total. The van der Waals surface area contributed by atoms with E-state index in [0.717, 1.165) is 0 Å². The Morgan fingerprint density at radius 3 is 2.51 bits per heavy atom. The molecule has 0 saturated heterocycles. The molecule has 4 aromatic rings. The highest BCUT2D eigenvalue weighted by molar-refractivity contribution is 7.98. The van der Waals surface area contributed by atoms with Crippen LogP contribution >= 0.6 is 11.8 Å². The Morgan fingerprint density at radius 2 is 1.83 bits per heavy atom. The minimum Gasteiger partial charge on any atom is -0.491 e. The van der Waals surface area contributed by atoms with Crippen LogP contribution in [0.3, 0.4) is 0 Å². The first kappa shape index (κ1) is 23.8. The zero-order valence-corrected chi connectivity index (χ0v) is 19.1. The predicted molar refractivity (Wildman–Crippen MR) is 128 cm³/mol. The molecular formula is C25H18FN5O3S. The number of oxazole rings is 1. The highest BCUT2D eigenvalue weighted by Gasteiger charge is 2.21. The lowest BCUT2D eigenvalue weighted by molar-refractivity contribution is 0.201. The van der Waals surface area contributed by atoms with Crippen LogP contribution in [-0.2, 0) is 5.75 Å². The van der Waals surface area contributed by atoms with Crippen LogP contribution in [-0.4, -0.2) is 28.3 Å². The number of aromatic nitrogens is 2.